The molecule has 2 aromatic carbocycles. The van der Waals surface area contributed by atoms with Crippen molar-refractivity contribution >= 4 is 61.0 Å². The first-order chi connectivity index (χ1) is 24.6. The molecule has 0 saturated carbocycles. The number of carbonyl (C=O) groups is 1. The third kappa shape index (κ3) is 5.43. The third-order valence-corrected chi connectivity index (χ3v) is 11.8. The Morgan fingerprint density at radius 2 is 2.02 bits per heavy atom. The van der Waals surface area contributed by atoms with E-state index in [9.17, 15) is 13.6 Å². The number of nitrogens with zero attached hydrogens (tertiary/aromatic N) is 9. The van der Waals surface area contributed by atoms with E-state index in [0.29, 0.717) is 63.4 Å². The lowest BCUT2D eigenvalue weighted by atomic mass is 9.95. The molecule has 266 valence electrons. The molecule has 4 fully saturated rings. The third-order valence-electron chi connectivity index (χ3n) is 10.6. The van der Waals surface area contributed by atoms with Gasteiger partial charge in [-0.2, -0.15) is 19.7 Å². The van der Waals surface area contributed by atoms with Gasteiger partial charge in [-0.3, -0.25) is 4.90 Å². The van der Waals surface area contributed by atoms with Crippen molar-refractivity contribution in [2.24, 2.45) is 0 Å². The molecule has 0 bridgehead atoms. The van der Waals surface area contributed by atoms with Crippen molar-refractivity contribution in [3.63, 3.8) is 0 Å². The van der Waals surface area contributed by atoms with Gasteiger partial charge >= 0.3 is 12.0 Å². The number of nitrogens with two attached hydrogens (primary N) is 1. The molecule has 18 heteroatoms. The summed E-state index contributed by atoms with van der Waals surface area (Å²) in [5.74, 6) is -0.915. The standard InChI is InChI=1S/C33H32ClF3N10O3S/c34-21-10-20-25(24(37)23(21)19-2-3-22(36)27-26(19)41-29(38)51-27)42-30(49-15-32-4-1-6-46(32)12-18(35)11-32)43-28(20)44-7-5-33(13-44)14-45(8-9-50-33)31(48)47-17-39-16-40-47/h2-3,10,16-18H,1,4-9,11-15H2,(H2,38,41)/t18-,32+,33?/m1/s1. The zero-order valence-electron chi connectivity index (χ0n) is 27.2. The lowest BCUT2D eigenvalue weighted by Gasteiger charge is -2.40. The fraction of sp³-hybridized carbons (Fsp3) is 0.455. The minimum absolute atomic E-state index is 0.0116. The molecule has 0 radical (unpaired) electrons. The number of fused-ring (bicyclic) bond motifs is 3. The molecule has 9 rings (SSSR count). The van der Waals surface area contributed by atoms with Crippen LogP contribution in [0.4, 0.5) is 28.9 Å². The second kappa shape index (κ2) is 12.1. The number of hydrogen-bond acceptors (Lipinski definition) is 12. The van der Waals surface area contributed by atoms with E-state index in [1.165, 1.54) is 29.5 Å². The molecule has 4 saturated heterocycles. The largest absolute Gasteiger partial charge is 0.461 e. The number of alkyl halides is 1. The molecule has 4 aliphatic heterocycles. The summed E-state index contributed by atoms with van der Waals surface area (Å²) >= 11 is 7.82. The molecule has 2 N–H and O–H groups in total. The van der Waals surface area contributed by atoms with Crippen molar-refractivity contribution < 1.29 is 27.4 Å². The minimum Gasteiger partial charge on any atom is -0.461 e. The molecule has 3 aromatic heterocycles. The van der Waals surface area contributed by atoms with Gasteiger partial charge in [0.15, 0.2) is 10.9 Å². The molecule has 7 heterocycles. The smallest absolute Gasteiger partial charge is 0.346 e. The van der Waals surface area contributed by atoms with Crippen LogP contribution in [0, 0.1) is 11.6 Å². The number of benzene rings is 2. The SMILES string of the molecule is Nc1nc2c(-c3c(Cl)cc4c(N5CCC6(CN(C(=O)n7cncn7)CCO6)C5)nc(OC[C@@]56CCCN5C[C@H](F)C6)nc4c3F)ccc(F)c2s1. The van der Waals surface area contributed by atoms with Crippen molar-refractivity contribution in [3.05, 3.63) is 47.5 Å². The number of rotatable bonds is 5. The van der Waals surface area contributed by atoms with E-state index >= 15 is 4.39 Å². The van der Waals surface area contributed by atoms with Crippen LogP contribution in [0.15, 0.2) is 30.9 Å². The predicted molar refractivity (Wildman–Crippen MR) is 184 cm³/mol. The highest BCUT2D eigenvalue weighted by Gasteiger charge is 2.50. The van der Waals surface area contributed by atoms with E-state index in [1.54, 1.807) is 11.0 Å². The van der Waals surface area contributed by atoms with Crippen LogP contribution in [-0.4, -0.2) is 115 Å². The van der Waals surface area contributed by atoms with E-state index in [1.807, 2.05) is 4.90 Å². The summed E-state index contributed by atoms with van der Waals surface area (Å²) < 4.78 is 60.3. The number of halogens is 4. The summed E-state index contributed by atoms with van der Waals surface area (Å²) in [6.45, 7) is 3.08. The number of anilines is 2. The summed E-state index contributed by atoms with van der Waals surface area (Å²) in [7, 11) is 0. The first-order valence-electron chi connectivity index (χ1n) is 16.7. The first-order valence-corrected chi connectivity index (χ1v) is 17.9. The van der Waals surface area contributed by atoms with Gasteiger partial charge in [0, 0.05) is 42.6 Å². The zero-order chi connectivity index (χ0) is 35.1. The molecular weight excluding hydrogens is 709 g/mol. The maximum absolute atomic E-state index is 17.0. The molecule has 51 heavy (non-hydrogen) atoms. The number of thiazole rings is 1. The maximum Gasteiger partial charge on any atom is 0.346 e. The average Bonchev–Trinajstić information content (AvgIpc) is 3.95. The Morgan fingerprint density at radius 3 is 2.86 bits per heavy atom. The molecule has 1 unspecified atom stereocenters. The van der Waals surface area contributed by atoms with Gasteiger partial charge in [-0.1, -0.05) is 22.9 Å². The van der Waals surface area contributed by atoms with E-state index < -0.39 is 28.9 Å². The Balaban J connectivity index is 1.12. The van der Waals surface area contributed by atoms with Crippen LogP contribution in [0.3, 0.4) is 0 Å². The second-order valence-electron chi connectivity index (χ2n) is 13.7. The van der Waals surface area contributed by atoms with E-state index in [-0.39, 0.29) is 55.7 Å². The number of hydrogen-bond donors (Lipinski definition) is 1. The summed E-state index contributed by atoms with van der Waals surface area (Å²) in [5.41, 5.74) is 5.09. The molecule has 1 spiro atoms. The number of ether oxygens (including phenoxy) is 2. The van der Waals surface area contributed by atoms with Crippen LogP contribution in [0.25, 0.3) is 32.2 Å². The minimum atomic E-state index is -0.955. The predicted octanol–water partition coefficient (Wildman–Crippen LogP) is 4.92. The van der Waals surface area contributed by atoms with Gasteiger partial charge in [-0.15, -0.1) is 0 Å². The molecule has 3 atom stereocenters. The van der Waals surface area contributed by atoms with Crippen LogP contribution in [0.1, 0.15) is 25.7 Å². The summed E-state index contributed by atoms with van der Waals surface area (Å²) in [6.07, 6.45) is 4.30. The number of nitrogen functional groups attached to an aromatic ring is 1. The zero-order valence-corrected chi connectivity index (χ0v) is 28.8. The van der Waals surface area contributed by atoms with E-state index in [2.05, 4.69) is 25.0 Å². The van der Waals surface area contributed by atoms with Gasteiger partial charge in [0.25, 0.3) is 0 Å². The molecule has 5 aromatic rings. The van der Waals surface area contributed by atoms with E-state index in [0.717, 1.165) is 30.7 Å². The Kier molecular flexibility index (Phi) is 7.75. The van der Waals surface area contributed by atoms with Crippen molar-refractivity contribution in [1.82, 2.24) is 39.5 Å². The second-order valence-corrected chi connectivity index (χ2v) is 15.1. The number of aromatic nitrogens is 6. The number of morpholine rings is 1. The maximum atomic E-state index is 17.0. The lowest BCUT2D eigenvalue weighted by Crippen LogP contribution is -2.55. The van der Waals surface area contributed by atoms with Gasteiger partial charge < -0.3 is 25.0 Å². The highest BCUT2D eigenvalue weighted by Crippen LogP contribution is 2.45. The quantitative estimate of drug-likeness (QED) is 0.263. The van der Waals surface area contributed by atoms with E-state index in [4.69, 9.17) is 31.8 Å². The lowest BCUT2D eigenvalue weighted by molar-refractivity contribution is -0.0831. The highest BCUT2D eigenvalue weighted by molar-refractivity contribution is 7.22. The van der Waals surface area contributed by atoms with Crippen LogP contribution in [-0.2, 0) is 4.74 Å². The highest BCUT2D eigenvalue weighted by atomic mass is 35.5. The number of amides is 1. The van der Waals surface area contributed by atoms with Crippen LogP contribution in [0.5, 0.6) is 6.01 Å². The molecule has 0 aliphatic carbocycles. The van der Waals surface area contributed by atoms with Gasteiger partial charge in [0.1, 0.15) is 48.2 Å². The fourth-order valence-corrected chi connectivity index (χ4v) is 9.34. The monoisotopic (exact) mass is 740 g/mol. The van der Waals surface area contributed by atoms with Gasteiger partial charge in [-0.05, 0) is 44.0 Å². The molecule has 1 amide bonds. The molecule has 13 nitrogen and oxygen atoms in total. The van der Waals surface area contributed by atoms with Crippen molar-refractivity contribution in [3.8, 4) is 17.1 Å². The summed E-state index contributed by atoms with van der Waals surface area (Å²) in [4.78, 5) is 36.5. The van der Waals surface area contributed by atoms with Crippen molar-refractivity contribution in [2.75, 3.05) is 63.1 Å². The average molecular weight is 741 g/mol. The van der Waals surface area contributed by atoms with Crippen molar-refractivity contribution in [2.45, 2.75) is 43.0 Å². The topological polar surface area (TPSA) is 141 Å². The Morgan fingerprint density at radius 1 is 1.14 bits per heavy atom. The molecule has 4 aliphatic rings. The Bertz CT molecular complexity index is 2190. The Hall–Kier alpha value is -4.32. The van der Waals surface area contributed by atoms with Gasteiger partial charge in [0.05, 0.1) is 40.5 Å². The summed E-state index contributed by atoms with van der Waals surface area (Å²) in [6, 6.07) is 3.87. The Labute approximate surface area is 298 Å². The first kappa shape index (κ1) is 32.6. The molecular formula is C33H32ClF3N10O3S. The van der Waals surface area contributed by atoms with Crippen LogP contribution < -0.4 is 15.4 Å². The van der Waals surface area contributed by atoms with Crippen molar-refractivity contribution in [1.29, 1.82) is 0 Å². The van der Waals surface area contributed by atoms with Crippen LogP contribution >= 0.6 is 22.9 Å². The number of carbonyl (C=O) groups excluding carboxylic acids is 1. The van der Waals surface area contributed by atoms with Gasteiger partial charge in [0.2, 0.25) is 0 Å². The summed E-state index contributed by atoms with van der Waals surface area (Å²) in [5, 5.41) is 4.49. The van der Waals surface area contributed by atoms with Crippen LogP contribution in [0.2, 0.25) is 5.02 Å². The fourth-order valence-electron chi connectivity index (χ4n) is 8.29. The normalized spacial score (nSPS) is 25.1. The van der Waals surface area contributed by atoms with Gasteiger partial charge in [-0.25, -0.2) is 27.9 Å².